The van der Waals surface area contributed by atoms with Gasteiger partial charge >= 0.3 is 0 Å². The molecule has 1 aromatic heterocycles. The first-order valence-electron chi connectivity index (χ1n) is 11.0. The van der Waals surface area contributed by atoms with Gasteiger partial charge in [-0.05, 0) is 53.1 Å². The maximum absolute atomic E-state index is 13.5. The number of fused-ring (bicyclic) bond motifs is 1. The molecule has 5 aromatic rings. The minimum Gasteiger partial charge on any atom is -0.221 e. The lowest BCUT2D eigenvalue weighted by Gasteiger charge is -2.13. The average Bonchev–Trinajstić information content (AvgIpc) is 3.31. The van der Waals surface area contributed by atoms with Crippen LogP contribution in [-0.2, 0) is 26.6 Å². The first kappa shape index (κ1) is 23.9. The summed E-state index contributed by atoms with van der Waals surface area (Å²) in [6.07, 6.45) is 0. The standard InChI is InChI=1S/C27H21FN2O4S2/c28-24-16-14-22(15-17-24)21-12-10-20(11-13-21)19-29-35(31,32)27-18-23-6-4-5-9-26(23)30(27)36(33,34)25-7-2-1-3-8-25/h1-18,29H,19H2. The van der Waals surface area contributed by atoms with Crippen molar-refractivity contribution in [2.24, 2.45) is 0 Å². The Morgan fingerprint density at radius 2 is 1.28 bits per heavy atom. The van der Waals surface area contributed by atoms with Gasteiger partial charge in [0.1, 0.15) is 5.82 Å². The highest BCUT2D eigenvalue weighted by molar-refractivity contribution is 7.92. The zero-order chi connectivity index (χ0) is 25.3. The molecule has 0 atom stereocenters. The summed E-state index contributed by atoms with van der Waals surface area (Å²) < 4.78 is 70.3. The van der Waals surface area contributed by atoms with Crippen molar-refractivity contribution < 1.29 is 21.2 Å². The SMILES string of the molecule is O=S(=O)(NCc1ccc(-c2ccc(F)cc2)cc1)c1cc2ccccc2n1S(=O)(=O)c1ccccc1. The molecule has 4 aromatic carbocycles. The Bertz CT molecular complexity index is 1750. The molecule has 0 spiro atoms. The second-order valence-corrected chi connectivity index (χ2v) is 11.7. The number of rotatable bonds is 7. The molecule has 0 fully saturated rings. The average molecular weight is 521 g/mol. The van der Waals surface area contributed by atoms with E-state index in [1.54, 1.807) is 66.7 Å². The summed E-state index contributed by atoms with van der Waals surface area (Å²) in [7, 11) is -8.40. The summed E-state index contributed by atoms with van der Waals surface area (Å²) in [5.41, 5.74) is 2.64. The van der Waals surface area contributed by atoms with Crippen LogP contribution in [0.15, 0.2) is 119 Å². The zero-order valence-corrected chi connectivity index (χ0v) is 20.5. The fraction of sp³-hybridized carbons (Fsp3) is 0.0370. The Balaban J connectivity index is 1.47. The highest BCUT2D eigenvalue weighted by Gasteiger charge is 2.29. The highest BCUT2D eigenvalue weighted by atomic mass is 32.2. The van der Waals surface area contributed by atoms with Gasteiger partial charge in [0.25, 0.3) is 20.0 Å². The Morgan fingerprint density at radius 1 is 0.694 bits per heavy atom. The molecule has 0 aliphatic carbocycles. The summed E-state index contributed by atoms with van der Waals surface area (Å²) in [6, 6.07) is 28.9. The third-order valence-electron chi connectivity index (χ3n) is 5.79. The molecule has 9 heteroatoms. The number of hydrogen-bond donors (Lipinski definition) is 1. The number of hydrogen-bond acceptors (Lipinski definition) is 4. The van der Waals surface area contributed by atoms with E-state index < -0.39 is 20.0 Å². The topological polar surface area (TPSA) is 85.2 Å². The number of halogens is 1. The van der Waals surface area contributed by atoms with Gasteiger partial charge in [0.05, 0.1) is 10.4 Å². The van der Waals surface area contributed by atoms with Gasteiger partial charge in [0.2, 0.25) is 0 Å². The molecule has 1 N–H and O–H groups in total. The van der Waals surface area contributed by atoms with E-state index in [4.69, 9.17) is 0 Å². The maximum atomic E-state index is 13.5. The normalized spacial score (nSPS) is 12.1. The lowest BCUT2D eigenvalue weighted by atomic mass is 10.0. The number of nitrogens with one attached hydrogen (secondary N) is 1. The van der Waals surface area contributed by atoms with Gasteiger partial charge in [-0.25, -0.2) is 29.9 Å². The summed E-state index contributed by atoms with van der Waals surface area (Å²) in [6.45, 7) is -0.0427. The maximum Gasteiger partial charge on any atom is 0.269 e. The number of aromatic nitrogens is 1. The van der Waals surface area contributed by atoms with Gasteiger partial charge in [0, 0.05) is 11.9 Å². The largest absolute Gasteiger partial charge is 0.269 e. The molecule has 0 aliphatic rings. The molecule has 182 valence electrons. The molecule has 0 saturated heterocycles. The van der Waals surface area contributed by atoms with Crippen LogP contribution in [0.1, 0.15) is 5.56 Å². The van der Waals surface area contributed by atoms with Gasteiger partial charge in [-0.3, -0.25) is 0 Å². The Labute approximate surface area is 208 Å². The molecule has 6 nitrogen and oxygen atoms in total. The van der Waals surface area contributed by atoms with E-state index in [9.17, 15) is 21.2 Å². The third-order valence-corrected chi connectivity index (χ3v) is 9.02. The van der Waals surface area contributed by atoms with Gasteiger partial charge in [-0.1, -0.05) is 72.8 Å². The second kappa shape index (κ2) is 9.34. The molecule has 0 amide bonds. The number of nitrogens with zero attached hydrogens (tertiary/aromatic N) is 1. The first-order chi connectivity index (χ1) is 17.3. The van der Waals surface area contributed by atoms with E-state index in [1.165, 1.54) is 30.3 Å². The molecule has 0 unspecified atom stereocenters. The molecule has 0 bridgehead atoms. The van der Waals surface area contributed by atoms with E-state index in [0.717, 1.165) is 15.1 Å². The molecule has 0 aliphatic heterocycles. The lowest BCUT2D eigenvalue weighted by molar-refractivity contribution is 0.565. The van der Waals surface area contributed by atoms with Crippen LogP contribution in [-0.4, -0.2) is 20.8 Å². The van der Waals surface area contributed by atoms with Crippen LogP contribution in [0.4, 0.5) is 4.39 Å². The molecular weight excluding hydrogens is 499 g/mol. The summed E-state index contributed by atoms with van der Waals surface area (Å²) >= 11 is 0. The lowest BCUT2D eigenvalue weighted by Crippen LogP contribution is -2.27. The van der Waals surface area contributed by atoms with Crippen LogP contribution in [0, 0.1) is 5.82 Å². The molecule has 5 rings (SSSR count). The monoisotopic (exact) mass is 520 g/mol. The van der Waals surface area contributed by atoms with Crippen LogP contribution in [0.2, 0.25) is 0 Å². The molecule has 36 heavy (non-hydrogen) atoms. The minimum absolute atomic E-state index is 0.0146. The van der Waals surface area contributed by atoms with Crippen LogP contribution < -0.4 is 4.72 Å². The first-order valence-corrected chi connectivity index (χ1v) is 13.9. The number of sulfonamides is 1. The van der Waals surface area contributed by atoms with Crippen molar-refractivity contribution in [3.8, 4) is 11.1 Å². The van der Waals surface area contributed by atoms with Crippen molar-refractivity contribution in [1.82, 2.24) is 8.69 Å². The smallest absolute Gasteiger partial charge is 0.221 e. The van der Waals surface area contributed by atoms with Crippen molar-refractivity contribution >= 4 is 30.9 Å². The Morgan fingerprint density at radius 3 is 1.94 bits per heavy atom. The van der Waals surface area contributed by atoms with Gasteiger partial charge in [-0.15, -0.1) is 0 Å². The van der Waals surface area contributed by atoms with Crippen molar-refractivity contribution in [3.05, 3.63) is 121 Å². The van der Waals surface area contributed by atoms with Crippen LogP contribution in [0.5, 0.6) is 0 Å². The fourth-order valence-electron chi connectivity index (χ4n) is 3.95. The summed E-state index contributed by atoms with van der Waals surface area (Å²) in [4.78, 5) is -0.0146. The Hall–Kier alpha value is -3.79. The van der Waals surface area contributed by atoms with Gasteiger partial charge in [0.15, 0.2) is 5.03 Å². The molecule has 0 radical (unpaired) electrons. The van der Waals surface area contributed by atoms with Crippen LogP contribution >= 0.6 is 0 Å². The molecule has 1 heterocycles. The third kappa shape index (κ3) is 4.56. The van der Waals surface area contributed by atoms with Crippen LogP contribution in [0.25, 0.3) is 22.0 Å². The minimum atomic E-state index is -4.22. The van der Waals surface area contributed by atoms with E-state index in [2.05, 4.69) is 4.72 Å². The fourth-order valence-corrected chi connectivity index (χ4v) is 7.07. The van der Waals surface area contributed by atoms with Gasteiger partial charge in [-0.2, -0.15) is 0 Å². The van der Waals surface area contributed by atoms with Crippen LogP contribution in [0.3, 0.4) is 0 Å². The van der Waals surface area contributed by atoms with E-state index >= 15 is 0 Å². The van der Waals surface area contributed by atoms with Crippen molar-refractivity contribution in [2.45, 2.75) is 16.5 Å². The predicted molar refractivity (Wildman–Crippen MR) is 137 cm³/mol. The quantitative estimate of drug-likeness (QED) is 0.321. The Kier molecular flexibility index (Phi) is 6.21. The zero-order valence-electron chi connectivity index (χ0n) is 18.9. The number of para-hydroxylation sites is 1. The molecular formula is C27H21FN2O4S2. The molecule has 0 saturated carbocycles. The second-order valence-electron chi connectivity index (χ2n) is 8.15. The van der Waals surface area contributed by atoms with Crippen molar-refractivity contribution in [1.29, 1.82) is 0 Å². The van der Waals surface area contributed by atoms with E-state index in [1.807, 2.05) is 12.1 Å². The van der Waals surface area contributed by atoms with E-state index in [-0.39, 0.29) is 27.8 Å². The number of benzene rings is 4. The highest BCUT2D eigenvalue weighted by Crippen LogP contribution is 2.28. The summed E-state index contributed by atoms with van der Waals surface area (Å²) in [5.74, 6) is -0.323. The van der Waals surface area contributed by atoms with Gasteiger partial charge < -0.3 is 0 Å². The van der Waals surface area contributed by atoms with Crippen molar-refractivity contribution in [2.75, 3.05) is 0 Å². The van der Waals surface area contributed by atoms with E-state index in [0.29, 0.717) is 10.9 Å². The predicted octanol–water partition coefficient (Wildman–Crippen LogP) is 5.16. The summed E-state index contributed by atoms with van der Waals surface area (Å²) in [5, 5.41) is 0.122. The van der Waals surface area contributed by atoms with Crippen molar-refractivity contribution in [3.63, 3.8) is 0 Å².